The molecule has 0 saturated carbocycles. The van der Waals surface area contributed by atoms with Crippen molar-refractivity contribution in [3.8, 4) is 0 Å². The number of hydrogen-bond acceptors (Lipinski definition) is 2. The van der Waals surface area contributed by atoms with E-state index in [4.69, 9.17) is 4.74 Å². The van der Waals surface area contributed by atoms with Gasteiger partial charge in [-0.1, -0.05) is 15.9 Å². The molecule has 0 radical (unpaired) electrons. The van der Waals surface area contributed by atoms with E-state index in [-0.39, 0.29) is 5.97 Å². The Morgan fingerprint density at radius 2 is 2.15 bits per heavy atom. The zero-order valence-corrected chi connectivity index (χ0v) is 13.5. The van der Waals surface area contributed by atoms with Gasteiger partial charge in [0.2, 0.25) is 0 Å². The fourth-order valence-corrected chi connectivity index (χ4v) is 2.57. The molecule has 0 saturated heterocycles. The first-order valence-electron chi connectivity index (χ1n) is 6.70. The molecule has 1 aromatic carbocycles. The molecule has 0 spiro atoms. The fourth-order valence-electron chi connectivity index (χ4n) is 2.21. The summed E-state index contributed by atoms with van der Waals surface area (Å²) in [4.78, 5) is 11.7. The number of aromatic nitrogens is 1. The lowest BCUT2D eigenvalue weighted by atomic mass is 10.1. The third-order valence-electron chi connectivity index (χ3n) is 3.18. The Hall–Kier alpha value is -1.55. The molecule has 0 bridgehead atoms. The molecule has 0 aliphatic carbocycles. The first-order chi connectivity index (χ1) is 9.56. The number of benzene rings is 1. The van der Waals surface area contributed by atoms with Gasteiger partial charge in [-0.2, -0.15) is 0 Å². The summed E-state index contributed by atoms with van der Waals surface area (Å²) in [5.41, 5.74) is 2.81. The highest BCUT2D eigenvalue weighted by atomic mass is 79.9. The molecule has 0 N–H and O–H groups in total. The van der Waals surface area contributed by atoms with Crippen LogP contribution in [0, 0.1) is 0 Å². The number of carbonyl (C=O) groups is 1. The summed E-state index contributed by atoms with van der Waals surface area (Å²) >= 11 is 3.50. The highest BCUT2D eigenvalue weighted by Gasteiger charge is 2.10. The van der Waals surface area contributed by atoms with Crippen LogP contribution < -0.4 is 0 Å². The molecular formula is C16H18BrNO2. The normalized spacial score (nSPS) is 11.9. The van der Waals surface area contributed by atoms with Crippen LogP contribution in [0.2, 0.25) is 0 Å². The largest absolute Gasteiger partial charge is 0.463 e. The van der Waals surface area contributed by atoms with Gasteiger partial charge in [0.25, 0.3) is 0 Å². The molecule has 0 fully saturated rings. The van der Waals surface area contributed by atoms with E-state index >= 15 is 0 Å². The van der Waals surface area contributed by atoms with E-state index in [2.05, 4.69) is 45.8 Å². The molecule has 0 unspecified atom stereocenters. The van der Waals surface area contributed by atoms with E-state index in [0.717, 1.165) is 22.0 Å². The number of fused-ring (bicyclic) bond motifs is 1. The Balaban J connectivity index is 2.51. The lowest BCUT2D eigenvalue weighted by Crippen LogP contribution is -2.04. The minimum absolute atomic E-state index is 0.264. The number of aryl methyl sites for hydroxylation is 1. The molecular weight excluding hydrogens is 318 g/mol. The van der Waals surface area contributed by atoms with Gasteiger partial charge in [0.05, 0.1) is 6.61 Å². The maximum Gasteiger partial charge on any atom is 0.333 e. The number of nitrogens with zero attached hydrogens (tertiary/aromatic N) is 1. The van der Waals surface area contributed by atoms with Crippen molar-refractivity contribution >= 4 is 38.9 Å². The summed E-state index contributed by atoms with van der Waals surface area (Å²) < 4.78 is 8.22. The molecule has 2 rings (SSSR count). The predicted octanol–water partition coefficient (Wildman–Crippen LogP) is 4.39. The average Bonchev–Trinajstić information content (AvgIpc) is 2.76. The smallest absolute Gasteiger partial charge is 0.333 e. The summed E-state index contributed by atoms with van der Waals surface area (Å²) in [5, 5.41) is 1.13. The zero-order chi connectivity index (χ0) is 14.7. The van der Waals surface area contributed by atoms with Crippen LogP contribution in [0.1, 0.15) is 26.3 Å². The minimum atomic E-state index is -0.264. The van der Waals surface area contributed by atoms with Gasteiger partial charge in [-0.25, -0.2) is 4.79 Å². The van der Waals surface area contributed by atoms with Gasteiger partial charge >= 0.3 is 5.97 Å². The Bertz CT molecular complexity index is 670. The van der Waals surface area contributed by atoms with Gasteiger partial charge in [0, 0.05) is 39.3 Å². The van der Waals surface area contributed by atoms with Crippen molar-refractivity contribution in [2.75, 3.05) is 6.61 Å². The van der Waals surface area contributed by atoms with Gasteiger partial charge in [0.15, 0.2) is 0 Å². The first kappa shape index (κ1) is 14.9. The van der Waals surface area contributed by atoms with Crippen molar-refractivity contribution < 1.29 is 9.53 Å². The molecule has 3 nitrogen and oxygen atoms in total. The van der Waals surface area contributed by atoms with E-state index in [1.807, 2.05) is 19.1 Å². The average molecular weight is 336 g/mol. The third-order valence-corrected chi connectivity index (χ3v) is 3.68. The Morgan fingerprint density at radius 1 is 1.40 bits per heavy atom. The highest BCUT2D eigenvalue weighted by molar-refractivity contribution is 9.10. The molecule has 2 aromatic rings. The summed E-state index contributed by atoms with van der Waals surface area (Å²) in [6.07, 6.45) is 3.96. The maximum atomic E-state index is 11.7. The topological polar surface area (TPSA) is 31.2 Å². The minimum Gasteiger partial charge on any atom is -0.463 e. The van der Waals surface area contributed by atoms with E-state index in [1.165, 1.54) is 5.52 Å². The Labute approximate surface area is 127 Å². The summed E-state index contributed by atoms with van der Waals surface area (Å²) in [7, 11) is 0. The molecule has 1 heterocycles. The fraction of sp³-hybridized carbons (Fsp3) is 0.312. The van der Waals surface area contributed by atoms with Gasteiger partial charge in [0.1, 0.15) is 0 Å². The van der Waals surface area contributed by atoms with Crippen LogP contribution in [0.25, 0.3) is 17.0 Å². The maximum absolute atomic E-state index is 11.7. The second-order valence-corrected chi connectivity index (χ2v) is 5.50. The third kappa shape index (κ3) is 2.96. The van der Waals surface area contributed by atoms with E-state index in [9.17, 15) is 4.79 Å². The van der Waals surface area contributed by atoms with Gasteiger partial charge < -0.3 is 9.30 Å². The molecule has 20 heavy (non-hydrogen) atoms. The van der Waals surface area contributed by atoms with Crippen molar-refractivity contribution in [1.29, 1.82) is 0 Å². The van der Waals surface area contributed by atoms with Crippen LogP contribution in [0.4, 0.5) is 0 Å². The van der Waals surface area contributed by atoms with E-state index < -0.39 is 0 Å². The summed E-state index contributed by atoms with van der Waals surface area (Å²) in [6, 6.07) is 6.19. The van der Waals surface area contributed by atoms with E-state index in [0.29, 0.717) is 12.2 Å². The molecule has 0 aliphatic rings. The van der Waals surface area contributed by atoms with Crippen molar-refractivity contribution in [1.82, 2.24) is 4.57 Å². The molecule has 4 heteroatoms. The van der Waals surface area contributed by atoms with Crippen LogP contribution in [-0.2, 0) is 16.1 Å². The quantitative estimate of drug-likeness (QED) is 0.612. The standard InChI is InChI=1S/C16H18BrNO2/c1-4-18-10-12(8-11(3)16(19)20-5-2)14-9-13(17)6-7-15(14)18/h6-10H,4-5H2,1-3H3/b11-8-. The number of hydrogen-bond donors (Lipinski definition) is 0. The predicted molar refractivity (Wildman–Crippen MR) is 85.6 cm³/mol. The summed E-state index contributed by atoms with van der Waals surface area (Å²) in [6.45, 7) is 6.99. The number of halogens is 1. The van der Waals surface area contributed by atoms with Crippen LogP contribution in [-0.4, -0.2) is 17.1 Å². The van der Waals surface area contributed by atoms with E-state index in [1.54, 1.807) is 6.92 Å². The van der Waals surface area contributed by atoms with Crippen molar-refractivity contribution in [3.63, 3.8) is 0 Å². The summed E-state index contributed by atoms with van der Waals surface area (Å²) in [5.74, 6) is -0.264. The van der Waals surface area contributed by atoms with Crippen LogP contribution >= 0.6 is 15.9 Å². The first-order valence-corrected chi connectivity index (χ1v) is 7.50. The molecule has 1 aromatic heterocycles. The highest BCUT2D eigenvalue weighted by Crippen LogP contribution is 2.27. The number of rotatable bonds is 4. The van der Waals surface area contributed by atoms with Crippen molar-refractivity contribution in [3.05, 3.63) is 40.0 Å². The second-order valence-electron chi connectivity index (χ2n) is 4.58. The van der Waals surface area contributed by atoms with Crippen molar-refractivity contribution in [2.45, 2.75) is 27.3 Å². The van der Waals surface area contributed by atoms with Crippen LogP contribution in [0.3, 0.4) is 0 Å². The zero-order valence-electron chi connectivity index (χ0n) is 11.9. The molecule has 0 amide bonds. The van der Waals surface area contributed by atoms with Crippen LogP contribution in [0.15, 0.2) is 34.4 Å². The van der Waals surface area contributed by atoms with Gasteiger partial charge in [-0.15, -0.1) is 0 Å². The second kappa shape index (κ2) is 6.27. The number of carbonyl (C=O) groups excluding carboxylic acids is 1. The molecule has 0 aliphatic heterocycles. The van der Waals surface area contributed by atoms with Crippen LogP contribution in [0.5, 0.6) is 0 Å². The number of esters is 1. The Morgan fingerprint density at radius 3 is 2.80 bits per heavy atom. The monoisotopic (exact) mass is 335 g/mol. The van der Waals surface area contributed by atoms with Gasteiger partial charge in [-0.05, 0) is 45.0 Å². The lowest BCUT2D eigenvalue weighted by Gasteiger charge is -2.01. The Kier molecular flexibility index (Phi) is 4.65. The molecule has 106 valence electrons. The van der Waals surface area contributed by atoms with Gasteiger partial charge in [-0.3, -0.25) is 0 Å². The lowest BCUT2D eigenvalue weighted by molar-refractivity contribution is -0.138. The number of ether oxygens (including phenoxy) is 1. The SMILES string of the molecule is CCOC(=O)/C(C)=C\c1cn(CC)c2ccc(Br)cc12. The molecule has 0 atom stereocenters. The van der Waals surface area contributed by atoms with Crippen molar-refractivity contribution in [2.24, 2.45) is 0 Å².